The first-order valence-corrected chi connectivity index (χ1v) is 9.67. The van der Waals surface area contributed by atoms with Crippen LogP contribution in [0.1, 0.15) is 34.7 Å². The summed E-state index contributed by atoms with van der Waals surface area (Å²) in [6.45, 7) is 1.51. The van der Waals surface area contributed by atoms with E-state index in [1.54, 1.807) is 32.4 Å². The van der Waals surface area contributed by atoms with Gasteiger partial charge in [0, 0.05) is 48.9 Å². The quantitative estimate of drug-likeness (QED) is 0.683. The second-order valence-corrected chi connectivity index (χ2v) is 7.38. The van der Waals surface area contributed by atoms with Crippen molar-refractivity contribution in [2.45, 2.75) is 18.8 Å². The molecule has 3 aromatic rings. The van der Waals surface area contributed by atoms with Crippen molar-refractivity contribution in [1.29, 1.82) is 0 Å². The van der Waals surface area contributed by atoms with Crippen LogP contribution in [-0.4, -0.2) is 42.7 Å². The molecule has 2 heterocycles. The Morgan fingerprint density at radius 3 is 2.29 bits per heavy atom. The lowest BCUT2D eigenvalue weighted by atomic mass is 9.89. The minimum Gasteiger partial charge on any atom is -0.497 e. The Morgan fingerprint density at radius 2 is 1.64 bits per heavy atom. The molecule has 5 heteroatoms. The summed E-state index contributed by atoms with van der Waals surface area (Å²) in [5, 5.41) is 1.33. The molecule has 0 N–H and O–H groups in total. The molecule has 1 aliphatic rings. The summed E-state index contributed by atoms with van der Waals surface area (Å²) in [7, 11) is 5.29. The van der Waals surface area contributed by atoms with E-state index in [1.807, 2.05) is 4.90 Å². The van der Waals surface area contributed by atoms with Gasteiger partial charge in [0.1, 0.15) is 11.5 Å². The van der Waals surface area contributed by atoms with Crippen molar-refractivity contribution < 1.29 is 14.3 Å². The molecule has 0 atom stereocenters. The molecule has 0 radical (unpaired) electrons. The van der Waals surface area contributed by atoms with Crippen molar-refractivity contribution in [3.8, 4) is 11.5 Å². The molecule has 4 rings (SSSR count). The molecule has 1 saturated heterocycles. The number of nitrogens with zero attached hydrogens (tertiary/aromatic N) is 2. The van der Waals surface area contributed by atoms with E-state index in [-0.39, 0.29) is 5.91 Å². The first-order chi connectivity index (χ1) is 13.6. The maximum absolute atomic E-state index is 13.0. The molecule has 0 saturated carbocycles. The van der Waals surface area contributed by atoms with Gasteiger partial charge >= 0.3 is 0 Å². The number of methoxy groups -OCH3 is 2. The molecular formula is C23H26N2O3. The van der Waals surface area contributed by atoms with Crippen LogP contribution >= 0.6 is 0 Å². The highest BCUT2D eigenvalue weighted by Gasteiger charge is 2.27. The van der Waals surface area contributed by atoms with Gasteiger partial charge in [-0.05, 0) is 42.5 Å². The number of rotatable bonds is 4. The van der Waals surface area contributed by atoms with Crippen LogP contribution in [0, 0.1) is 0 Å². The van der Waals surface area contributed by atoms with E-state index in [1.165, 1.54) is 16.5 Å². The molecule has 5 nitrogen and oxygen atoms in total. The molecule has 0 bridgehead atoms. The SMILES string of the molecule is COc1cc(OC)cc(C(=O)N2CCC(c3cn(C)c4ccccc34)CC2)c1. The van der Waals surface area contributed by atoms with Crippen molar-refractivity contribution in [2.24, 2.45) is 7.05 Å². The van der Waals surface area contributed by atoms with Gasteiger partial charge < -0.3 is 18.9 Å². The van der Waals surface area contributed by atoms with Crippen LogP contribution in [-0.2, 0) is 7.05 Å². The summed E-state index contributed by atoms with van der Waals surface area (Å²) >= 11 is 0. The van der Waals surface area contributed by atoms with Gasteiger partial charge in [0.2, 0.25) is 0 Å². The van der Waals surface area contributed by atoms with Crippen molar-refractivity contribution in [2.75, 3.05) is 27.3 Å². The van der Waals surface area contributed by atoms with E-state index < -0.39 is 0 Å². The van der Waals surface area contributed by atoms with Gasteiger partial charge in [-0.2, -0.15) is 0 Å². The number of ether oxygens (including phenoxy) is 2. The van der Waals surface area contributed by atoms with Crippen LogP contribution in [0.15, 0.2) is 48.7 Å². The normalized spacial score (nSPS) is 15.0. The van der Waals surface area contributed by atoms with Crippen LogP contribution in [0.4, 0.5) is 0 Å². The number of aryl methyl sites for hydroxylation is 1. The second kappa shape index (κ2) is 7.58. The molecule has 0 aliphatic carbocycles. The highest BCUT2D eigenvalue weighted by atomic mass is 16.5. The van der Waals surface area contributed by atoms with Crippen LogP contribution in [0.25, 0.3) is 10.9 Å². The van der Waals surface area contributed by atoms with Gasteiger partial charge in [-0.1, -0.05) is 18.2 Å². The molecule has 0 spiro atoms. The zero-order valence-electron chi connectivity index (χ0n) is 16.6. The predicted octanol–water partition coefficient (Wildman–Crippen LogP) is 4.22. The fourth-order valence-corrected chi connectivity index (χ4v) is 4.21. The number of fused-ring (bicyclic) bond motifs is 1. The second-order valence-electron chi connectivity index (χ2n) is 7.38. The molecule has 1 amide bonds. The zero-order chi connectivity index (χ0) is 19.7. The summed E-state index contributed by atoms with van der Waals surface area (Å²) in [6, 6.07) is 13.9. The lowest BCUT2D eigenvalue weighted by Crippen LogP contribution is -2.37. The number of para-hydroxylation sites is 1. The molecule has 1 fully saturated rings. The van der Waals surface area contributed by atoms with Gasteiger partial charge in [-0.15, -0.1) is 0 Å². The molecule has 146 valence electrons. The Bertz CT molecular complexity index is 978. The highest BCUT2D eigenvalue weighted by Crippen LogP contribution is 2.34. The highest BCUT2D eigenvalue weighted by molar-refractivity contribution is 5.95. The summed E-state index contributed by atoms with van der Waals surface area (Å²) < 4.78 is 12.8. The van der Waals surface area contributed by atoms with Gasteiger partial charge in [-0.3, -0.25) is 4.79 Å². The van der Waals surface area contributed by atoms with Crippen LogP contribution < -0.4 is 9.47 Å². The smallest absolute Gasteiger partial charge is 0.254 e. The third kappa shape index (κ3) is 3.33. The van der Waals surface area contributed by atoms with Gasteiger partial charge in [-0.25, -0.2) is 0 Å². The summed E-state index contributed by atoms with van der Waals surface area (Å²) in [6.07, 6.45) is 4.20. The first-order valence-electron chi connectivity index (χ1n) is 9.67. The molecular weight excluding hydrogens is 352 g/mol. The predicted molar refractivity (Wildman–Crippen MR) is 110 cm³/mol. The number of carbonyl (C=O) groups excluding carboxylic acids is 1. The standard InChI is InChI=1S/C23H26N2O3/c1-24-15-21(20-6-4-5-7-22(20)24)16-8-10-25(11-9-16)23(26)17-12-18(27-2)14-19(13-17)28-3/h4-7,12-16H,8-11H2,1-3H3. The minimum absolute atomic E-state index is 0.0357. The fourth-order valence-electron chi connectivity index (χ4n) is 4.21. The van der Waals surface area contributed by atoms with Crippen molar-refractivity contribution in [3.05, 3.63) is 59.8 Å². The number of hydrogen-bond donors (Lipinski definition) is 0. The fraction of sp³-hybridized carbons (Fsp3) is 0.348. The van der Waals surface area contributed by atoms with Crippen LogP contribution in [0.2, 0.25) is 0 Å². The van der Waals surface area contributed by atoms with E-state index in [0.717, 1.165) is 25.9 Å². The lowest BCUT2D eigenvalue weighted by Gasteiger charge is -2.32. The lowest BCUT2D eigenvalue weighted by molar-refractivity contribution is 0.0712. The number of piperidine rings is 1. The number of aromatic nitrogens is 1. The minimum atomic E-state index is 0.0357. The Kier molecular flexibility index (Phi) is 4.99. The molecule has 1 aromatic heterocycles. The number of likely N-dealkylation sites (tertiary alicyclic amines) is 1. The summed E-state index contributed by atoms with van der Waals surface area (Å²) in [4.78, 5) is 14.9. The Labute approximate surface area is 165 Å². The third-order valence-corrected chi connectivity index (χ3v) is 5.75. The Balaban J connectivity index is 1.50. The van der Waals surface area contributed by atoms with E-state index in [4.69, 9.17) is 9.47 Å². The Morgan fingerprint density at radius 1 is 1.00 bits per heavy atom. The monoisotopic (exact) mass is 378 g/mol. The molecule has 0 unspecified atom stereocenters. The maximum Gasteiger partial charge on any atom is 0.254 e. The largest absolute Gasteiger partial charge is 0.497 e. The van der Waals surface area contributed by atoms with Crippen LogP contribution in [0.3, 0.4) is 0 Å². The molecule has 2 aromatic carbocycles. The van der Waals surface area contributed by atoms with E-state index >= 15 is 0 Å². The Hall–Kier alpha value is -2.95. The topological polar surface area (TPSA) is 43.7 Å². The number of carbonyl (C=O) groups is 1. The first kappa shape index (κ1) is 18.4. The van der Waals surface area contributed by atoms with Crippen LogP contribution in [0.5, 0.6) is 11.5 Å². The van der Waals surface area contributed by atoms with Crippen molar-refractivity contribution >= 4 is 16.8 Å². The average molecular weight is 378 g/mol. The summed E-state index contributed by atoms with van der Waals surface area (Å²) in [5.41, 5.74) is 3.27. The molecule has 28 heavy (non-hydrogen) atoms. The van der Waals surface area contributed by atoms with Gasteiger partial charge in [0.15, 0.2) is 0 Å². The number of amides is 1. The average Bonchev–Trinajstić information content (AvgIpc) is 3.09. The van der Waals surface area contributed by atoms with E-state index in [2.05, 4.69) is 42.1 Å². The number of hydrogen-bond acceptors (Lipinski definition) is 3. The molecule has 1 aliphatic heterocycles. The van der Waals surface area contributed by atoms with Gasteiger partial charge in [0.25, 0.3) is 5.91 Å². The van der Waals surface area contributed by atoms with E-state index in [0.29, 0.717) is 23.0 Å². The van der Waals surface area contributed by atoms with E-state index in [9.17, 15) is 4.79 Å². The maximum atomic E-state index is 13.0. The van der Waals surface area contributed by atoms with Crippen molar-refractivity contribution in [1.82, 2.24) is 9.47 Å². The van der Waals surface area contributed by atoms with Gasteiger partial charge in [0.05, 0.1) is 14.2 Å². The summed E-state index contributed by atoms with van der Waals surface area (Å²) in [5.74, 6) is 1.78. The van der Waals surface area contributed by atoms with Crippen molar-refractivity contribution in [3.63, 3.8) is 0 Å². The number of benzene rings is 2. The third-order valence-electron chi connectivity index (χ3n) is 5.75. The zero-order valence-corrected chi connectivity index (χ0v) is 16.6.